The van der Waals surface area contributed by atoms with Crippen molar-refractivity contribution in [1.29, 1.82) is 0 Å². The van der Waals surface area contributed by atoms with Gasteiger partial charge in [-0.15, -0.1) is 0 Å². The molecule has 0 aromatic carbocycles. The monoisotopic (exact) mass is 234 g/mol. The minimum Gasteiger partial charge on any atom is -0.375 e. The Morgan fingerprint density at radius 2 is 2.35 bits per heavy atom. The van der Waals surface area contributed by atoms with Crippen LogP contribution < -0.4 is 5.32 Å². The Balaban J connectivity index is 1.95. The van der Waals surface area contributed by atoms with Gasteiger partial charge in [-0.3, -0.25) is 9.78 Å². The molecule has 0 unspecified atom stereocenters. The molecule has 0 aliphatic rings. The van der Waals surface area contributed by atoms with Gasteiger partial charge in [0.1, 0.15) is 0 Å². The highest BCUT2D eigenvalue weighted by Gasteiger charge is 1.95. The average molecular weight is 234 g/mol. The molecule has 92 valence electrons. The smallest absolute Gasteiger partial charge is 0.243 e. The normalized spacial score (nSPS) is 9.88. The lowest BCUT2D eigenvalue weighted by molar-refractivity contribution is -0.116. The zero-order valence-electron chi connectivity index (χ0n) is 9.89. The van der Waals surface area contributed by atoms with Crippen LogP contribution in [0.1, 0.15) is 18.5 Å². The number of hydrogen-bond acceptors (Lipinski definition) is 3. The maximum atomic E-state index is 10.8. The van der Waals surface area contributed by atoms with Crippen molar-refractivity contribution < 1.29 is 9.53 Å². The second-order valence-corrected chi connectivity index (χ2v) is 3.58. The standard InChI is InChI=1S/C13H18N2O2/c1-2-13(16)15-9-5-6-10-17-11-12-7-3-4-8-14-12/h2-4,7-8H,1,5-6,9-11H2,(H,15,16). The van der Waals surface area contributed by atoms with Crippen molar-refractivity contribution in [1.82, 2.24) is 10.3 Å². The molecule has 0 saturated heterocycles. The molecule has 1 aromatic heterocycles. The van der Waals surface area contributed by atoms with Crippen LogP contribution in [-0.4, -0.2) is 24.0 Å². The van der Waals surface area contributed by atoms with Crippen molar-refractivity contribution in [2.24, 2.45) is 0 Å². The minimum atomic E-state index is -0.126. The minimum absolute atomic E-state index is 0.126. The van der Waals surface area contributed by atoms with Crippen molar-refractivity contribution in [2.45, 2.75) is 19.4 Å². The fraction of sp³-hybridized carbons (Fsp3) is 0.385. The van der Waals surface area contributed by atoms with E-state index in [-0.39, 0.29) is 5.91 Å². The molecule has 1 amide bonds. The molecule has 0 saturated carbocycles. The SMILES string of the molecule is C=CC(=O)NCCCCOCc1ccccn1. The number of carbonyl (C=O) groups is 1. The van der Waals surface area contributed by atoms with Crippen LogP contribution in [-0.2, 0) is 16.1 Å². The molecular formula is C13H18N2O2. The van der Waals surface area contributed by atoms with E-state index in [1.54, 1.807) is 6.20 Å². The molecular weight excluding hydrogens is 216 g/mol. The number of hydrogen-bond donors (Lipinski definition) is 1. The Labute approximate surface area is 102 Å². The Bertz CT molecular complexity index is 339. The van der Waals surface area contributed by atoms with E-state index in [4.69, 9.17) is 4.74 Å². The number of amides is 1. The molecule has 1 aromatic rings. The summed E-state index contributed by atoms with van der Waals surface area (Å²) in [7, 11) is 0. The van der Waals surface area contributed by atoms with Gasteiger partial charge in [0.05, 0.1) is 12.3 Å². The molecule has 17 heavy (non-hydrogen) atoms. The molecule has 0 bridgehead atoms. The lowest BCUT2D eigenvalue weighted by Gasteiger charge is -2.04. The Hall–Kier alpha value is -1.68. The summed E-state index contributed by atoms with van der Waals surface area (Å²) in [5.41, 5.74) is 0.937. The number of pyridine rings is 1. The van der Waals surface area contributed by atoms with Crippen molar-refractivity contribution in [3.05, 3.63) is 42.7 Å². The maximum Gasteiger partial charge on any atom is 0.243 e. The van der Waals surface area contributed by atoms with Crippen molar-refractivity contribution >= 4 is 5.91 Å². The predicted octanol–water partition coefficient (Wildman–Crippen LogP) is 1.68. The lowest BCUT2D eigenvalue weighted by atomic mass is 10.3. The van der Waals surface area contributed by atoms with Crippen LogP contribution in [0.2, 0.25) is 0 Å². The highest BCUT2D eigenvalue weighted by molar-refractivity contribution is 5.86. The Kier molecular flexibility index (Phi) is 6.67. The molecule has 0 fully saturated rings. The van der Waals surface area contributed by atoms with E-state index in [2.05, 4.69) is 16.9 Å². The van der Waals surface area contributed by atoms with Gasteiger partial charge in [0.25, 0.3) is 0 Å². The first-order valence-corrected chi connectivity index (χ1v) is 5.71. The van der Waals surface area contributed by atoms with Gasteiger partial charge < -0.3 is 10.1 Å². The van der Waals surface area contributed by atoms with E-state index in [1.807, 2.05) is 18.2 Å². The van der Waals surface area contributed by atoms with E-state index < -0.39 is 0 Å². The Morgan fingerprint density at radius 3 is 3.06 bits per heavy atom. The third kappa shape index (κ3) is 6.48. The number of nitrogens with zero attached hydrogens (tertiary/aromatic N) is 1. The number of carbonyl (C=O) groups excluding carboxylic acids is 1. The van der Waals surface area contributed by atoms with E-state index >= 15 is 0 Å². The highest BCUT2D eigenvalue weighted by atomic mass is 16.5. The van der Waals surface area contributed by atoms with Crippen molar-refractivity contribution in [2.75, 3.05) is 13.2 Å². The van der Waals surface area contributed by atoms with Crippen LogP contribution in [0.5, 0.6) is 0 Å². The van der Waals surface area contributed by atoms with Crippen LogP contribution in [0.25, 0.3) is 0 Å². The summed E-state index contributed by atoms with van der Waals surface area (Å²) in [6, 6.07) is 5.76. The zero-order valence-corrected chi connectivity index (χ0v) is 9.89. The van der Waals surface area contributed by atoms with E-state index in [0.717, 1.165) is 18.5 Å². The average Bonchev–Trinajstić information content (AvgIpc) is 2.38. The molecule has 0 atom stereocenters. The molecule has 0 aliphatic carbocycles. The van der Waals surface area contributed by atoms with Gasteiger partial charge in [-0.1, -0.05) is 12.6 Å². The van der Waals surface area contributed by atoms with Crippen LogP contribution in [0.3, 0.4) is 0 Å². The van der Waals surface area contributed by atoms with Crippen LogP contribution in [0.4, 0.5) is 0 Å². The number of rotatable bonds is 8. The largest absolute Gasteiger partial charge is 0.375 e. The molecule has 4 nitrogen and oxygen atoms in total. The van der Waals surface area contributed by atoms with Gasteiger partial charge in [0.2, 0.25) is 5.91 Å². The molecule has 0 radical (unpaired) electrons. The second-order valence-electron chi connectivity index (χ2n) is 3.58. The molecule has 4 heteroatoms. The Morgan fingerprint density at radius 1 is 1.47 bits per heavy atom. The molecule has 1 N–H and O–H groups in total. The first-order valence-electron chi connectivity index (χ1n) is 5.71. The first kappa shape index (κ1) is 13.4. The molecule has 1 rings (SSSR count). The van der Waals surface area contributed by atoms with Gasteiger partial charge in [0.15, 0.2) is 0 Å². The summed E-state index contributed by atoms with van der Waals surface area (Å²) in [6.07, 6.45) is 4.85. The lowest BCUT2D eigenvalue weighted by Crippen LogP contribution is -2.22. The summed E-state index contributed by atoms with van der Waals surface area (Å²) in [5, 5.41) is 2.72. The zero-order chi connectivity index (χ0) is 12.3. The topological polar surface area (TPSA) is 51.2 Å². The van der Waals surface area contributed by atoms with Crippen molar-refractivity contribution in [3.63, 3.8) is 0 Å². The maximum absolute atomic E-state index is 10.8. The van der Waals surface area contributed by atoms with E-state index in [0.29, 0.717) is 19.8 Å². The predicted molar refractivity (Wildman–Crippen MR) is 66.3 cm³/mol. The summed E-state index contributed by atoms with van der Waals surface area (Å²) in [4.78, 5) is 15.0. The van der Waals surface area contributed by atoms with Crippen LogP contribution >= 0.6 is 0 Å². The molecule has 0 spiro atoms. The second kappa shape index (κ2) is 8.47. The van der Waals surface area contributed by atoms with Gasteiger partial charge in [-0.05, 0) is 31.1 Å². The third-order valence-corrected chi connectivity index (χ3v) is 2.18. The van der Waals surface area contributed by atoms with E-state index in [1.165, 1.54) is 6.08 Å². The van der Waals surface area contributed by atoms with Crippen LogP contribution in [0, 0.1) is 0 Å². The summed E-state index contributed by atoms with van der Waals surface area (Å²) < 4.78 is 5.46. The first-order chi connectivity index (χ1) is 8.33. The highest BCUT2D eigenvalue weighted by Crippen LogP contribution is 1.97. The fourth-order valence-corrected chi connectivity index (χ4v) is 1.27. The number of ether oxygens (including phenoxy) is 1. The summed E-state index contributed by atoms with van der Waals surface area (Å²) in [5.74, 6) is -0.126. The van der Waals surface area contributed by atoms with Gasteiger partial charge >= 0.3 is 0 Å². The number of aromatic nitrogens is 1. The fourth-order valence-electron chi connectivity index (χ4n) is 1.27. The van der Waals surface area contributed by atoms with E-state index in [9.17, 15) is 4.79 Å². The number of nitrogens with one attached hydrogen (secondary N) is 1. The van der Waals surface area contributed by atoms with Gasteiger partial charge in [-0.25, -0.2) is 0 Å². The summed E-state index contributed by atoms with van der Waals surface area (Å²) in [6.45, 7) is 5.27. The van der Waals surface area contributed by atoms with Gasteiger partial charge in [0, 0.05) is 19.3 Å². The number of unbranched alkanes of at least 4 members (excludes halogenated alkanes) is 1. The van der Waals surface area contributed by atoms with Gasteiger partial charge in [-0.2, -0.15) is 0 Å². The van der Waals surface area contributed by atoms with Crippen LogP contribution in [0.15, 0.2) is 37.1 Å². The third-order valence-electron chi connectivity index (χ3n) is 2.18. The molecule has 0 aliphatic heterocycles. The quantitative estimate of drug-likeness (QED) is 0.550. The molecule has 1 heterocycles. The summed E-state index contributed by atoms with van der Waals surface area (Å²) >= 11 is 0. The van der Waals surface area contributed by atoms with Crippen molar-refractivity contribution in [3.8, 4) is 0 Å².